The quantitative estimate of drug-likeness (QED) is 0.263. The summed E-state index contributed by atoms with van der Waals surface area (Å²) < 4.78 is 0. The molecule has 0 N–H and O–H groups in total. The maximum absolute atomic E-state index is 9.99. The van der Waals surface area contributed by atoms with E-state index in [-0.39, 0.29) is 0 Å². The van der Waals surface area contributed by atoms with Crippen LogP contribution in [0.4, 0.5) is 0 Å². The minimum atomic E-state index is 0.608. The number of hydrogen-bond donors (Lipinski definition) is 0. The van der Waals surface area contributed by atoms with Crippen LogP contribution in [0.2, 0.25) is 0 Å². The van der Waals surface area contributed by atoms with E-state index < -0.39 is 0 Å². The van der Waals surface area contributed by atoms with Crippen LogP contribution in [0.1, 0.15) is 84.0 Å². The Balaban J connectivity index is 3.18. The lowest BCUT2D eigenvalue weighted by Crippen LogP contribution is -1.80. The third-order valence-corrected chi connectivity index (χ3v) is 3.07. The molecule has 0 aliphatic heterocycles. The zero-order chi connectivity index (χ0) is 14.0. The molecule has 0 rings (SSSR count). The Labute approximate surface area is 119 Å². The van der Waals surface area contributed by atoms with Gasteiger partial charge < -0.3 is 0 Å². The van der Waals surface area contributed by atoms with Gasteiger partial charge in [-0.15, -0.1) is 5.92 Å². The highest BCUT2D eigenvalue weighted by atomic mass is 16.1. The number of carbonyl (C=O) groups excluding carboxylic acids is 1. The summed E-state index contributed by atoms with van der Waals surface area (Å²) in [4.78, 5) is 9.99. The van der Waals surface area contributed by atoms with E-state index in [1.165, 1.54) is 44.9 Å². The highest BCUT2D eigenvalue weighted by Crippen LogP contribution is 2.07. The number of allylic oxidation sites excluding steroid dienone is 2. The molecule has 0 spiro atoms. The van der Waals surface area contributed by atoms with E-state index in [0.29, 0.717) is 6.42 Å². The van der Waals surface area contributed by atoms with E-state index in [1.54, 1.807) is 0 Å². The summed E-state index contributed by atoms with van der Waals surface area (Å²) >= 11 is 0. The van der Waals surface area contributed by atoms with Crippen molar-refractivity contribution in [3.05, 3.63) is 12.2 Å². The van der Waals surface area contributed by atoms with Gasteiger partial charge in [0.15, 0.2) is 6.29 Å². The van der Waals surface area contributed by atoms with Crippen molar-refractivity contribution in [2.24, 2.45) is 0 Å². The predicted octanol–water partition coefficient (Wildman–Crippen LogP) is 5.36. The van der Waals surface area contributed by atoms with Gasteiger partial charge in [0.1, 0.15) is 0 Å². The molecule has 0 aliphatic rings. The minimum Gasteiger partial charge on any atom is -0.291 e. The van der Waals surface area contributed by atoms with Gasteiger partial charge >= 0.3 is 0 Å². The SMILES string of the molecule is CCCCCC#CCC=CCCCCCCC[C]=O. The second-order valence-corrected chi connectivity index (χ2v) is 4.94. The molecule has 0 heterocycles. The third kappa shape index (κ3) is 17.0. The fraction of sp³-hybridized carbons (Fsp3) is 0.722. The van der Waals surface area contributed by atoms with E-state index in [1.807, 2.05) is 6.29 Å². The minimum absolute atomic E-state index is 0.608. The van der Waals surface area contributed by atoms with Crippen LogP contribution in [-0.2, 0) is 4.79 Å². The van der Waals surface area contributed by atoms with E-state index in [9.17, 15) is 4.79 Å². The summed E-state index contributed by atoms with van der Waals surface area (Å²) in [5, 5.41) is 0. The molecule has 0 fully saturated rings. The Morgan fingerprint density at radius 3 is 2.32 bits per heavy atom. The molecule has 1 heteroatoms. The molecule has 0 aromatic carbocycles. The zero-order valence-electron chi connectivity index (χ0n) is 12.5. The molecule has 0 bridgehead atoms. The van der Waals surface area contributed by atoms with Gasteiger partial charge in [0.25, 0.3) is 0 Å². The highest BCUT2D eigenvalue weighted by Gasteiger charge is 1.89. The van der Waals surface area contributed by atoms with Gasteiger partial charge in [-0.1, -0.05) is 57.1 Å². The summed E-state index contributed by atoms with van der Waals surface area (Å²) in [6.07, 6.45) is 19.9. The molecular formula is C18H29O. The predicted molar refractivity (Wildman–Crippen MR) is 83.7 cm³/mol. The first-order valence-electron chi connectivity index (χ1n) is 7.87. The molecular weight excluding hydrogens is 232 g/mol. The molecule has 0 amide bonds. The second kappa shape index (κ2) is 17.0. The average Bonchev–Trinajstić information content (AvgIpc) is 2.43. The summed E-state index contributed by atoms with van der Waals surface area (Å²) in [6.45, 7) is 2.22. The first-order chi connectivity index (χ1) is 9.41. The number of rotatable bonds is 12. The molecule has 0 aromatic rings. The molecule has 0 unspecified atom stereocenters. The van der Waals surface area contributed by atoms with Gasteiger partial charge in [0.05, 0.1) is 0 Å². The normalized spacial score (nSPS) is 10.4. The third-order valence-electron chi connectivity index (χ3n) is 3.07. The van der Waals surface area contributed by atoms with Crippen LogP contribution in [-0.4, -0.2) is 6.29 Å². The standard InChI is InChI=1S/C18H29O/c1-2-3-4-5-6-7-8-9-10-11-12-13-14-15-16-17-18-19/h9-10H,2-5,8,11-17H2,1H3. The molecule has 1 radical (unpaired) electrons. The highest BCUT2D eigenvalue weighted by molar-refractivity contribution is 5.50. The Bertz CT molecular complexity index is 267. The lowest BCUT2D eigenvalue weighted by molar-refractivity contribution is 0.542. The van der Waals surface area contributed by atoms with Crippen LogP contribution in [0.3, 0.4) is 0 Å². The largest absolute Gasteiger partial charge is 0.291 e. The van der Waals surface area contributed by atoms with Crippen molar-refractivity contribution in [1.29, 1.82) is 0 Å². The first-order valence-corrected chi connectivity index (χ1v) is 7.87. The van der Waals surface area contributed by atoms with E-state index in [4.69, 9.17) is 0 Å². The van der Waals surface area contributed by atoms with Gasteiger partial charge in [-0.05, 0) is 25.7 Å². The smallest absolute Gasteiger partial charge is 0.198 e. The van der Waals surface area contributed by atoms with Crippen LogP contribution < -0.4 is 0 Å². The van der Waals surface area contributed by atoms with Crippen LogP contribution in [0.15, 0.2) is 12.2 Å². The second-order valence-electron chi connectivity index (χ2n) is 4.94. The van der Waals surface area contributed by atoms with Gasteiger partial charge in [-0.2, -0.15) is 0 Å². The number of unbranched alkanes of at least 4 members (excludes halogenated alkanes) is 9. The first kappa shape index (κ1) is 18.0. The van der Waals surface area contributed by atoms with Crippen LogP contribution in [0, 0.1) is 11.8 Å². The van der Waals surface area contributed by atoms with E-state index in [0.717, 1.165) is 25.7 Å². The van der Waals surface area contributed by atoms with Crippen molar-refractivity contribution < 1.29 is 4.79 Å². The van der Waals surface area contributed by atoms with Crippen LogP contribution in [0.5, 0.6) is 0 Å². The summed E-state index contributed by atoms with van der Waals surface area (Å²) in [5.74, 6) is 6.41. The Morgan fingerprint density at radius 1 is 0.789 bits per heavy atom. The monoisotopic (exact) mass is 261 g/mol. The molecule has 0 aromatic heterocycles. The number of hydrogen-bond acceptors (Lipinski definition) is 1. The van der Waals surface area contributed by atoms with Crippen molar-refractivity contribution in [3.63, 3.8) is 0 Å². The Morgan fingerprint density at radius 2 is 1.53 bits per heavy atom. The van der Waals surface area contributed by atoms with Crippen molar-refractivity contribution in [2.75, 3.05) is 0 Å². The van der Waals surface area contributed by atoms with Gasteiger partial charge in [-0.3, -0.25) is 4.79 Å². The summed E-state index contributed by atoms with van der Waals surface area (Å²) in [6, 6.07) is 0. The molecule has 0 aliphatic carbocycles. The summed E-state index contributed by atoms with van der Waals surface area (Å²) in [5.41, 5.74) is 0. The zero-order valence-corrected chi connectivity index (χ0v) is 12.5. The lowest BCUT2D eigenvalue weighted by atomic mass is 10.1. The molecule has 107 valence electrons. The summed E-state index contributed by atoms with van der Waals surface area (Å²) in [7, 11) is 0. The molecule has 0 saturated carbocycles. The van der Waals surface area contributed by atoms with Crippen molar-refractivity contribution in [2.45, 2.75) is 84.0 Å². The fourth-order valence-corrected chi connectivity index (χ4v) is 1.87. The van der Waals surface area contributed by atoms with Gasteiger partial charge in [0, 0.05) is 19.3 Å². The van der Waals surface area contributed by atoms with Crippen LogP contribution >= 0.6 is 0 Å². The average molecular weight is 261 g/mol. The topological polar surface area (TPSA) is 17.1 Å². The van der Waals surface area contributed by atoms with Gasteiger partial charge in [-0.25, -0.2) is 0 Å². The molecule has 19 heavy (non-hydrogen) atoms. The molecule has 1 nitrogen and oxygen atoms in total. The van der Waals surface area contributed by atoms with Crippen molar-refractivity contribution in [1.82, 2.24) is 0 Å². The fourth-order valence-electron chi connectivity index (χ4n) is 1.87. The lowest BCUT2D eigenvalue weighted by Gasteiger charge is -1.96. The maximum Gasteiger partial charge on any atom is 0.198 e. The van der Waals surface area contributed by atoms with Crippen LogP contribution in [0.25, 0.3) is 0 Å². The molecule has 0 saturated heterocycles. The van der Waals surface area contributed by atoms with Gasteiger partial charge in [0.2, 0.25) is 0 Å². The van der Waals surface area contributed by atoms with E-state index in [2.05, 4.69) is 30.9 Å². The van der Waals surface area contributed by atoms with Crippen molar-refractivity contribution in [3.8, 4) is 11.8 Å². The Hall–Kier alpha value is -1.03. The van der Waals surface area contributed by atoms with E-state index >= 15 is 0 Å². The van der Waals surface area contributed by atoms with Crippen molar-refractivity contribution >= 4 is 6.29 Å². The maximum atomic E-state index is 9.99. The Kier molecular flexibility index (Phi) is 16.1. The molecule has 0 atom stereocenters.